The highest BCUT2D eigenvalue weighted by molar-refractivity contribution is 5.78. The Balaban J connectivity index is 2.11. The van der Waals surface area contributed by atoms with Crippen LogP contribution in [-0.2, 0) is 0 Å². The van der Waals surface area contributed by atoms with Crippen LogP contribution in [0, 0.1) is 0 Å². The van der Waals surface area contributed by atoms with E-state index < -0.39 is 0 Å². The second-order valence-electron chi connectivity index (χ2n) is 6.07. The van der Waals surface area contributed by atoms with E-state index in [2.05, 4.69) is 66.1 Å². The summed E-state index contributed by atoms with van der Waals surface area (Å²) in [5, 5.41) is 0. The summed E-state index contributed by atoms with van der Waals surface area (Å²) in [6.07, 6.45) is 5.18. The van der Waals surface area contributed by atoms with E-state index in [1.807, 2.05) is 12.4 Å². The van der Waals surface area contributed by atoms with Crippen LogP contribution in [0.1, 0.15) is 32.2 Å². The molecule has 0 fully saturated rings. The molecule has 0 aliphatic heterocycles. The Morgan fingerprint density at radius 1 is 0.958 bits per heavy atom. The first-order chi connectivity index (χ1) is 11.8. The van der Waals surface area contributed by atoms with Crippen molar-refractivity contribution in [2.24, 2.45) is 5.73 Å². The van der Waals surface area contributed by atoms with Crippen LogP contribution in [0.4, 0.5) is 0 Å². The smallest absolute Gasteiger partial charge is 0.0963 e. The van der Waals surface area contributed by atoms with Gasteiger partial charge in [0.1, 0.15) is 0 Å². The Hall–Kier alpha value is -2.39. The molecule has 1 heterocycles. The molecule has 3 nitrogen and oxygen atoms in total. The molecule has 1 aromatic heterocycles. The maximum absolute atomic E-state index is 5.73. The van der Waals surface area contributed by atoms with Gasteiger partial charge in [0.2, 0.25) is 0 Å². The van der Waals surface area contributed by atoms with Gasteiger partial charge in [-0.05, 0) is 25.8 Å². The molecule has 0 aliphatic rings. The Morgan fingerprint density at radius 2 is 1.58 bits per heavy atom. The predicted molar refractivity (Wildman–Crippen MR) is 101 cm³/mol. The summed E-state index contributed by atoms with van der Waals surface area (Å²) in [6, 6.07) is 21.4. The SMILES string of the molecule is CCC(CCCN)n1cnc(-c2ccccc2)c1-c1ccccc1. The fourth-order valence-electron chi connectivity index (χ4n) is 3.22. The van der Waals surface area contributed by atoms with Crippen molar-refractivity contribution in [3.8, 4) is 22.5 Å². The van der Waals surface area contributed by atoms with Crippen LogP contribution < -0.4 is 5.73 Å². The van der Waals surface area contributed by atoms with E-state index in [1.54, 1.807) is 0 Å². The van der Waals surface area contributed by atoms with Gasteiger partial charge in [0.25, 0.3) is 0 Å². The number of nitrogens with two attached hydrogens (primary N) is 1. The zero-order valence-electron chi connectivity index (χ0n) is 14.2. The van der Waals surface area contributed by atoms with Gasteiger partial charge in [-0.15, -0.1) is 0 Å². The quantitative estimate of drug-likeness (QED) is 0.672. The molecule has 3 heteroatoms. The molecule has 0 bridgehead atoms. The number of hydrogen-bond acceptors (Lipinski definition) is 2. The van der Waals surface area contributed by atoms with Crippen LogP contribution >= 0.6 is 0 Å². The van der Waals surface area contributed by atoms with Crippen molar-refractivity contribution >= 4 is 0 Å². The van der Waals surface area contributed by atoms with Gasteiger partial charge in [-0.25, -0.2) is 4.98 Å². The number of rotatable bonds is 7. The number of nitrogens with zero attached hydrogens (tertiary/aromatic N) is 2. The fraction of sp³-hybridized carbons (Fsp3) is 0.286. The summed E-state index contributed by atoms with van der Waals surface area (Å²) in [5.74, 6) is 0. The minimum absolute atomic E-state index is 0.425. The molecule has 3 rings (SSSR count). The summed E-state index contributed by atoms with van der Waals surface area (Å²) in [5.41, 5.74) is 10.3. The Labute approximate surface area is 144 Å². The fourth-order valence-corrected chi connectivity index (χ4v) is 3.22. The molecule has 2 aromatic carbocycles. The Kier molecular flexibility index (Phi) is 5.44. The molecule has 0 saturated heterocycles. The van der Waals surface area contributed by atoms with E-state index in [9.17, 15) is 0 Å². The third-order valence-electron chi connectivity index (χ3n) is 4.49. The Bertz CT molecular complexity index is 747. The second-order valence-corrected chi connectivity index (χ2v) is 6.07. The lowest BCUT2D eigenvalue weighted by atomic mass is 10.0. The van der Waals surface area contributed by atoms with Crippen molar-refractivity contribution in [3.63, 3.8) is 0 Å². The van der Waals surface area contributed by atoms with Crippen molar-refractivity contribution in [3.05, 3.63) is 67.0 Å². The van der Waals surface area contributed by atoms with Gasteiger partial charge in [0.05, 0.1) is 17.7 Å². The molecular weight excluding hydrogens is 294 g/mol. The molecule has 0 spiro atoms. The maximum atomic E-state index is 5.73. The highest BCUT2D eigenvalue weighted by Crippen LogP contribution is 2.34. The summed E-state index contributed by atoms with van der Waals surface area (Å²) < 4.78 is 2.34. The van der Waals surface area contributed by atoms with Crippen molar-refractivity contribution in [1.29, 1.82) is 0 Å². The van der Waals surface area contributed by atoms with Gasteiger partial charge in [-0.3, -0.25) is 0 Å². The molecule has 0 aliphatic carbocycles. The summed E-state index contributed by atoms with van der Waals surface area (Å²) in [6.45, 7) is 2.97. The topological polar surface area (TPSA) is 43.8 Å². The first kappa shape index (κ1) is 16.5. The first-order valence-electron chi connectivity index (χ1n) is 8.73. The van der Waals surface area contributed by atoms with Gasteiger partial charge < -0.3 is 10.3 Å². The van der Waals surface area contributed by atoms with Crippen LogP contribution in [0.25, 0.3) is 22.5 Å². The molecule has 2 N–H and O–H groups in total. The monoisotopic (exact) mass is 319 g/mol. The lowest BCUT2D eigenvalue weighted by Gasteiger charge is -2.20. The molecule has 0 radical (unpaired) electrons. The minimum Gasteiger partial charge on any atom is -0.330 e. The third kappa shape index (κ3) is 3.41. The largest absolute Gasteiger partial charge is 0.330 e. The lowest BCUT2D eigenvalue weighted by Crippen LogP contribution is -2.11. The second kappa shape index (κ2) is 7.93. The van der Waals surface area contributed by atoms with Crippen LogP contribution in [0.2, 0.25) is 0 Å². The van der Waals surface area contributed by atoms with Crippen LogP contribution in [-0.4, -0.2) is 16.1 Å². The third-order valence-corrected chi connectivity index (χ3v) is 4.49. The standard InChI is InChI=1S/C21H25N3/c1-2-19(14-9-15-22)24-16-23-20(17-10-5-3-6-11-17)21(24)18-12-7-4-8-13-18/h3-8,10-13,16,19H,2,9,14-15,22H2,1H3. The van der Waals surface area contributed by atoms with Gasteiger partial charge in [0.15, 0.2) is 0 Å². The molecular formula is C21H25N3. The zero-order valence-corrected chi connectivity index (χ0v) is 14.2. The van der Waals surface area contributed by atoms with Gasteiger partial charge in [-0.2, -0.15) is 0 Å². The van der Waals surface area contributed by atoms with Gasteiger partial charge in [0, 0.05) is 17.2 Å². The van der Waals surface area contributed by atoms with Crippen LogP contribution in [0.15, 0.2) is 67.0 Å². The molecule has 0 amide bonds. The van der Waals surface area contributed by atoms with E-state index in [4.69, 9.17) is 10.7 Å². The van der Waals surface area contributed by atoms with E-state index in [0.29, 0.717) is 6.04 Å². The normalized spacial score (nSPS) is 12.2. The molecule has 24 heavy (non-hydrogen) atoms. The Morgan fingerprint density at radius 3 is 2.17 bits per heavy atom. The average molecular weight is 319 g/mol. The summed E-state index contributed by atoms with van der Waals surface area (Å²) in [4.78, 5) is 4.77. The predicted octanol–water partition coefficient (Wildman–Crippen LogP) is 4.91. The van der Waals surface area contributed by atoms with Crippen molar-refractivity contribution in [2.75, 3.05) is 6.54 Å². The lowest BCUT2D eigenvalue weighted by molar-refractivity contribution is 0.445. The van der Waals surface area contributed by atoms with Crippen molar-refractivity contribution in [1.82, 2.24) is 9.55 Å². The molecule has 3 aromatic rings. The van der Waals surface area contributed by atoms with Gasteiger partial charge >= 0.3 is 0 Å². The summed E-state index contributed by atoms with van der Waals surface area (Å²) in [7, 11) is 0. The number of aromatic nitrogens is 2. The van der Waals surface area contributed by atoms with E-state index in [-0.39, 0.29) is 0 Å². The maximum Gasteiger partial charge on any atom is 0.0963 e. The first-order valence-corrected chi connectivity index (χ1v) is 8.73. The van der Waals surface area contributed by atoms with E-state index in [0.717, 1.165) is 37.1 Å². The highest BCUT2D eigenvalue weighted by atomic mass is 15.1. The van der Waals surface area contributed by atoms with Gasteiger partial charge in [-0.1, -0.05) is 67.6 Å². The number of benzene rings is 2. The number of imidazole rings is 1. The molecule has 1 unspecified atom stereocenters. The zero-order chi connectivity index (χ0) is 16.8. The minimum atomic E-state index is 0.425. The molecule has 124 valence electrons. The van der Waals surface area contributed by atoms with E-state index >= 15 is 0 Å². The summed E-state index contributed by atoms with van der Waals surface area (Å²) >= 11 is 0. The van der Waals surface area contributed by atoms with Crippen molar-refractivity contribution < 1.29 is 0 Å². The van der Waals surface area contributed by atoms with Crippen LogP contribution in [0.3, 0.4) is 0 Å². The highest BCUT2D eigenvalue weighted by Gasteiger charge is 2.19. The average Bonchev–Trinajstić information content (AvgIpc) is 3.09. The number of hydrogen-bond donors (Lipinski definition) is 1. The molecule has 0 saturated carbocycles. The van der Waals surface area contributed by atoms with Crippen LogP contribution in [0.5, 0.6) is 0 Å². The van der Waals surface area contributed by atoms with E-state index in [1.165, 1.54) is 11.3 Å². The van der Waals surface area contributed by atoms with Crippen molar-refractivity contribution in [2.45, 2.75) is 32.2 Å². The molecule has 1 atom stereocenters.